The van der Waals surface area contributed by atoms with Crippen LogP contribution in [0.25, 0.3) is 0 Å². The van der Waals surface area contributed by atoms with Gasteiger partial charge in [0.2, 0.25) is 10.0 Å². The first-order valence-corrected chi connectivity index (χ1v) is 9.92. The van der Waals surface area contributed by atoms with E-state index in [-0.39, 0.29) is 0 Å². The minimum absolute atomic E-state index is 0.386. The molecule has 2 rings (SSSR count). The van der Waals surface area contributed by atoms with Crippen LogP contribution in [-0.2, 0) is 14.8 Å². The number of hydrogen-bond acceptors (Lipinski definition) is 4. The summed E-state index contributed by atoms with van der Waals surface area (Å²) in [4.78, 5) is 0. The van der Waals surface area contributed by atoms with Gasteiger partial charge in [-0.25, -0.2) is 12.7 Å². The predicted molar refractivity (Wildman–Crippen MR) is 88.9 cm³/mol. The van der Waals surface area contributed by atoms with E-state index in [9.17, 15) is 8.42 Å². The molecule has 1 saturated heterocycles. The van der Waals surface area contributed by atoms with Crippen LogP contribution in [0.5, 0.6) is 0 Å². The molecular formula is C16H28N2O3S. The summed E-state index contributed by atoms with van der Waals surface area (Å²) < 4.78 is 30.2. The third-order valence-corrected chi connectivity index (χ3v) is 5.85. The lowest BCUT2D eigenvalue weighted by Gasteiger charge is -2.30. The summed E-state index contributed by atoms with van der Waals surface area (Å²) in [6.07, 6.45) is 9.43. The normalized spacial score (nSPS) is 27.7. The van der Waals surface area contributed by atoms with Crippen LogP contribution in [0.1, 0.15) is 26.7 Å². The summed E-state index contributed by atoms with van der Waals surface area (Å²) in [6, 6.07) is 0.386. The molecule has 126 valence electrons. The van der Waals surface area contributed by atoms with Gasteiger partial charge < -0.3 is 10.1 Å². The topological polar surface area (TPSA) is 58.6 Å². The maximum absolute atomic E-state index is 11.5. The Morgan fingerprint density at radius 1 is 1.27 bits per heavy atom. The summed E-state index contributed by atoms with van der Waals surface area (Å²) >= 11 is 0. The summed E-state index contributed by atoms with van der Waals surface area (Å²) in [6.45, 7) is 7.06. The fourth-order valence-corrected chi connectivity index (χ4v) is 3.68. The number of hydrogen-bond donors (Lipinski definition) is 1. The van der Waals surface area contributed by atoms with E-state index in [2.05, 4.69) is 37.4 Å². The highest BCUT2D eigenvalue weighted by molar-refractivity contribution is 7.88. The highest BCUT2D eigenvalue weighted by Crippen LogP contribution is 2.22. The Balaban J connectivity index is 1.62. The average molecular weight is 328 g/mol. The van der Waals surface area contributed by atoms with Gasteiger partial charge in [-0.15, -0.1) is 0 Å². The van der Waals surface area contributed by atoms with Gasteiger partial charge in [0.25, 0.3) is 0 Å². The lowest BCUT2D eigenvalue weighted by molar-refractivity contribution is 0.205. The van der Waals surface area contributed by atoms with Crippen molar-refractivity contribution in [3.8, 4) is 0 Å². The molecule has 2 unspecified atom stereocenters. The zero-order valence-electron chi connectivity index (χ0n) is 13.8. The number of ether oxygens (including phenoxy) is 1. The maximum Gasteiger partial charge on any atom is 0.211 e. The van der Waals surface area contributed by atoms with Crippen LogP contribution in [0.3, 0.4) is 0 Å². The van der Waals surface area contributed by atoms with Crippen molar-refractivity contribution in [2.24, 2.45) is 11.8 Å². The first-order chi connectivity index (χ1) is 10.4. The van der Waals surface area contributed by atoms with Crippen LogP contribution < -0.4 is 5.32 Å². The van der Waals surface area contributed by atoms with E-state index in [4.69, 9.17) is 4.74 Å². The van der Waals surface area contributed by atoms with Gasteiger partial charge in [0.05, 0.1) is 6.26 Å². The van der Waals surface area contributed by atoms with Crippen molar-refractivity contribution >= 4 is 10.0 Å². The summed E-state index contributed by atoms with van der Waals surface area (Å²) in [5.74, 6) is 2.05. The van der Waals surface area contributed by atoms with Crippen LogP contribution in [0.4, 0.5) is 0 Å². The SMILES string of the molecule is CC1C=CC(OCCNC2CCN(S(C)(=O)=O)CC2)=CC1C. The summed E-state index contributed by atoms with van der Waals surface area (Å²) in [5.41, 5.74) is 0. The molecule has 1 aliphatic carbocycles. The lowest BCUT2D eigenvalue weighted by Crippen LogP contribution is -2.45. The van der Waals surface area contributed by atoms with E-state index in [1.165, 1.54) is 6.26 Å². The van der Waals surface area contributed by atoms with Crippen molar-refractivity contribution in [3.63, 3.8) is 0 Å². The predicted octanol–water partition coefficient (Wildman–Crippen LogP) is 1.74. The Kier molecular flexibility index (Phi) is 6.06. The molecule has 2 atom stereocenters. The number of sulfonamides is 1. The number of rotatable bonds is 6. The van der Waals surface area contributed by atoms with Crippen molar-refractivity contribution in [2.75, 3.05) is 32.5 Å². The number of nitrogens with one attached hydrogen (secondary N) is 1. The minimum Gasteiger partial charge on any atom is -0.493 e. The lowest BCUT2D eigenvalue weighted by atomic mass is 9.91. The fraction of sp³-hybridized carbons (Fsp3) is 0.750. The highest BCUT2D eigenvalue weighted by Gasteiger charge is 2.24. The van der Waals surface area contributed by atoms with Gasteiger partial charge in [-0.05, 0) is 36.8 Å². The quantitative estimate of drug-likeness (QED) is 0.755. The molecule has 0 bridgehead atoms. The molecule has 0 spiro atoms. The number of piperidine rings is 1. The van der Waals surface area contributed by atoms with Crippen molar-refractivity contribution in [2.45, 2.75) is 32.7 Å². The molecule has 0 saturated carbocycles. The molecule has 2 aliphatic rings. The monoisotopic (exact) mass is 328 g/mol. The third-order valence-electron chi connectivity index (χ3n) is 4.55. The second-order valence-corrected chi connectivity index (χ2v) is 8.37. The molecule has 1 heterocycles. The second kappa shape index (κ2) is 7.62. The van der Waals surface area contributed by atoms with E-state index >= 15 is 0 Å². The van der Waals surface area contributed by atoms with E-state index in [0.717, 1.165) is 25.1 Å². The van der Waals surface area contributed by atoms with Crippen LogP contribution in [0.15, 0.2) is 24.0 Å². The highest BCUT2D eigenvalue weighted by atomic mass is 32.2. The van der Waals surface area contributed by atoms with Gasteiger partial charge >= 0.3 is 0 Å². The maximum atomic E-state index is 11.5. The molecule has 0 radical (unpaired) electrons. The van der Waals surface area contributed by atoms with Crippen LogP contribution in [-0.4, -0.2) is 51.3 Å². The third kappa shape index (κ3) is 5.11. The van der Waals surface area contributed by atoms with Crippen LogP contribution >= 0.6 is 0 Å². The van der Waals surface area contributed by atoms with Gasteiger partial charge in [-0.3, -0.25) is 0 Å². The van der Waals surface area contributed by atoms with Gasteiger partial charge in [0, 0.05) is 25.7 Å². The molecule has 6 heteroatoms. The second-order valence-electron chi connectivity index (χ2n) is 6.39. The van der Waals surface area contributed by atoms with Crippen molar-refractivity contribution in [1.82, 2.24) is 9.62 Å². The van der Waals surface area contributed by atoms with E-state index in [0.29, 0.717) is 37.6 Å². The molecule has 1 fully saturated rings. The van der Waals surface area contributed by atoms with E-state index in [1.54, 1.807) is 4.31 Å². The molecular weight excluding hydrogens is 300 g/mol. The molecule has 5 nitrogen and oxygen atoms in total. The van der Waals surface area contributed by atoms with Crippen LogP contribution in [0, 0.1) is 11.8 Å². The molecule has 0 aromatic rings. The molecule has 1 N–H and O–H groups in total. The molecule has 1 aliphatic heterocycles. The molecule has 0 amide bonds. The Morgan fingerprint density at radius 2 is 1.95 bits per heavy atom. The zero-order chi connectivity index (χ0) is 16.2. The van der Waals surface area contributed by atoms with Gasteiger partial charge in [-0.1, -0.05) is 19.9 Å². The first-order valence-electron chi connectivity index (χ1n) is 8.07. The Morgan fingerprint density at radius 3 is 2.55 bits per heavy atom. The molecule has 22 heavy (non-hydrogen) atoms. The zero-order valence-corrected chi connectivity index (χ0v) is 14.6. The smallest absolute Gasteiger partial charge is 0.211 e. The van der Waals surface area contributed by atoms with Crippen molar-refractivity contribution in [1.29, 1.82) is 0 Å². The number of allylic oxidation sites excluding steroid dienone is 3. The largest absolute Gasteiger partial charge is 0.493 e. The van der Waals surface area contributed by atoms with E-state index in [1.807, 2.05) is 0 Å². The minimum atomic E-state index is -3.03. The van der Waals surface area contributed by atoms with Crippen molar-refractivity contribution in [3.05, 3.63) is 24.0 Å². The Hall–Kier alpha value is -0.850. The standard InChI is InChI=1S/C16H28N2O3S/c1-13-4-5-16(12-14(13)2)21-11-8-17-15-6-9-18(10-7-15)22(3,19)20/h4-5,12-15,17H,6-11H2,1-3H3. The Labute approximate surface area is 134 Å². The van der Waals surface area contributed by atoms with Gasteiger partial charge in [0.15, 0.2) is 0 Å². The van der Waals surface area contributed by atoms with Crippen molar-refractivity contribution < 1.29 is 13.2 Å². The first kappa shape index (κ1) is 17.5. The fourth-order valence-electron chi connectivity index (χ4n) is 2.81. The summed E-state index contributed by atoms with van der Waals surface area (Å²) in [5, 5.41) is 3.46. The van der Waals surface area contributed by atoms with Crippen LogP contribution in [0.2, 0.25) is 0 Å². The molecule has 0 aromatic carbocycles. The number of nitrogens with zero attached hydrogens (tertiary/aromatic N) is 1. The molecule has 0 aromatic heterocycles. The van der Waals surface area contributed by atoms with Gasteiger partial charge in [0.1, 0.15) is 12.4 Å². The average Bonchev–Trinajstić information content (AvgIpc) is 2.47. The van der Waals surface area contributed by atoms with E-state index < -0.39 is 10.0 Å². The van der Waals surface area contributed by atoms with Gasteiger partial charge in [-0.2, -0.15) is 0 Å². The summed E-state index contributed by atoms with van der Waals surface area (Å²) in [7, 11) is -3.03. The Bertz CT molecular complexity index is 520.